The molecule has 200 valence electrons. The van der Waals surface area contributed by atoms with E-state index in [0.29, 0.717) is 5.92 Å². The second-order valence-corrected chi connectivity index (χ2v) is 11.6. The van der Waals surface area contributed by atoms with Crippen LogP contribution in [0, 0.1) is 12.8 Å². The van der Waals surface area contributed by atoms with E-state index in [0.717, 1.165) is 17.4 Å². The van der Waals surface area contributed by atoms with E-state index in [4.69, 9.17) is 9.97 Å². The Morgan fingerprint density at radius 1 is 0.694 bits per heavy atom. The molecule has 2 heteroatoms. The van der Waals surface area contributed by atoms with Crippen LogP contribution in [0.15, 0.2) is 30.5 Å². The van der Waals surface area contributed by atoms with E-state index < -0.39 is 0 Å². The van der Waals surface area contributed by atoms with Crippen molar-refractivity contribution in [3.05, 3.63) is 47.5 Å². The fourth-order valence-corrected chi connectivity index (χ4v) is 6.03. The Morgan fingerprint density at radius 3 is 1.89 bits per heavy atom. The molecule has 1 aromatic heterocycles. The summed E-state index contributed by atoms with van der Waals surface area (Å²) in [5, 5.41) is 0. The monoisotopic (exact) mass is 490 g/mol. The molecular formula is C34H54N2. The zero-order chi connectivity index (χ0) is 25.4. The molecule has 1 aliphatic rings. The van der Waals surface area contributed by atoms with Crippen molar-refractivity contribution in [1.29, 1.82) is 0 Å². The second kappa shape index (κ2) is 16.9. The van der Waals surface area contributed by atoms with Crippen molar-refractivity contribution in [2.45, 2.75) is 149 Å². The maximum atomic E-state index is 4.99. The predicted molar refractivity (Wildman–Crippen MR) is 157 cm³/mol. The summed E-state index contributed by atoms with van der Waals surface area (Å²) in [7, 11) is 0. The van der Waals surface area contributed by atoms with E-state index >= 15 is 0 Å². The molecule has 0 amide bonds. The Hall–Kier alpha value is -1.70. The van der Waals surface area contributed by atoms with Crippen molar-refractivity contribution >= 4 is 0 Å². The quantitative estimate of drug-likeness (QED) is 0.206. The van der Waals surface area contributed by atoms with Crippen LogP contribution >= 0.6 is 0 Å². The third-order valence-electron chi connectivity index (χ3n) is 8.51. The molecule has 1 heterocycles. The average Bonchev–Trinajstić information content (AvgIpc) is 2.91. The molecule has 0 radical (unpaired) electrons. The van der Waals surface area contributed by atoms with Gasteiger partial charge in [-0.05, 0) is 62.5 Å². The van der Waals surface area contributed by atoms with Gasteiger partial charge in [0.1, 0.15) is 5.82 Å². The van der Waals surface area contributed by atoms with Gasteiger partial charge in [0.2, 0.25) is 0 Å². The summed E-state index contributed by atoms with van der Waals surface area (Å²) in [4.78, 5) is 9.85. The van der Waals surface area contributed by atoms with Crippen molar-refractivity contribution < 1.29 is 0 Å². The third kappa shape index (κ3) is 9.98. The van der Waals surface area contributed by atoms with Gasteiger partial charge in [-0.3, -0.25) is 0 Å². The van der Waals surface area contributed by atoms with E-state index in [1.54, 1.807) is 0 Å². The van der Waals surface area contributed by atoms with E-state index in [1.807, 2.05) is 0 Å². The molecule has 0 spiro atoms. The highest BCUT2D eigenvalue weighted by molar-refractivity contribution is 5.65. The summed E-state index contributed by atoms with van der Waals surface area (Å²) < 4.78 is 0. The molecule has 2 aromatic rings. The standard InChI is InChI=1S/C34H54N2/c1-4-6-8-9-10-11-12-13-14-16-18-30-19-23-31(24-20-30)33-27-35-34(36-28(33)3)32-25-21-29(22-26-32)17-15-7-5-2/h19-20,23-24,27,29,32H,4-18,21-22,25-26H2,1-3H3/t29-,32-. The van der Waals surface area contributed by atoms with Crippen LogP contribution in [0.4, 0.5) is 0 Å². The number of rotatable bonds is 17. The highest BCUT2D eigenvalue weighted by Crippen LogP contribution is 2.37. The van der Waals surface area contributed by atoms with Gasteiger partial charge in [-0.15, -0.1) is 0 Å². The summed E-state index contributed by atoms with van der Waals surface area (Å²) in [6.07, 6.45) is 28.1. The van der Waals surface area contributed by atoms with Gasteiger partial charge >= 0.3 is 0 Å². The highest BCUT2D eigenvalue weighted by Gasteiger charge is 2.24. The Labute approximate surface area is 223 Å². The van der Waals surface area contributed by atoms with Crippen molar-refractivity contribution in [2.75, 3.05) is 0 Å². The van der Waals surface area contributed by atoms with Crippen LogP contribution in [0.5, 0.6) is 0 Å². The molecule has 0 saturated heterocycles. The number of aryl methyl sites for hydroxylation is 2. The number of aromatic nitrogens is 2. The van der Waals surface area contributed by atoms with Gasteiger partial charge in [-0.2, -0.15) is 0 Å². The van der Waals surface area contributed by atoms with Crippen LogP contribution in [0.2, 0.25) is 0 Å². The number of unbranched alkanes of at least 4 members (excludes halogenated alkanes) is 11. The van der Waals surface area contributed by atoms with Crippen molar-refractivity contribution in [2.24, 2.45) is 5.92 Å². The summed E-state index contributed by atoms with van der Waals surface area (Å²) in [6, 6.07) is 9.18. The molecule has 36 heavy (non-hydrogen) atoms. The Morgan fingerprint density at radius 2 is 1.28 bits per heavy atom. The lowest BCUT2D eigenvalue weighted by Gasteiger charge is -2.28. The maximum absolute atomic E-state index is 4.99. The summed E-state index contributed by atoms with van der Waals surface area (Å²) in [5.74, 6) is 2.58. The SMILES string of the molecule is CCCCCCCCCCCCc1ccc(-c2cnc([C@H]3CC[C@H](CCCCC)CC3)nc2C)cc1. The third-order valence-corrected chi connectivity index (χ3v) is 8.51. The van der Waals surface area contributed by atoms with Crippen LogP contribution in [-0.2, 0) is 6.42 Å². The smallest absolute Gasteiger partial charge is 0.131 e. The van der Waals surface area contributed by atoms with Gasteiger partial charge in [0.05, 0.1) is 0 Å². The Bertz CT molecular complexity index is 833. The Balaban J connectivity index is 1.38. The maximum Gasteiger partial charge on any atom is 0.131 e. The molecule has 1 saturated carbocycles. The van der Waals surface area contributed by atoms with Gasteiger partial charge in [0.25, 0.3) is 0 Å². The second-order valence-electron chi connectivity index (χ2n) is 11.6. The molecule has 0 aliphatic heterocycles. The first-order chi connectivity index (χ1) is 17.7. The topological polar surface area (TPSA) is 25.8 Å². The summed E-state index contributed by atoms with van der Waals surface area (Å²) >= 11 is 0. The van der Waals surface area contributed by atoms with Crippen LogP contribution < -0.4 is 0 Å². The van der Waals surface area contributed by atoms with Crippen LogP contribution in [0.25, 0.3) is 11.1 Å². The molecule has 0 atom stereocenters. The zero-order valence-electron chi connectivity index (χ0n) is 23.9. The van der Waals surface area contributed by atoms with Crippen molar-refractivity contribution in [3.8, 4) is 11.1 Å². The number of benzene rings is 1. The lowest BCUT2D eigenvalue weighted by Crippen LogP contribution is -2.16. The molecule has 1 aliphatic carbocycles. The number of nitrogens with zero attached hydrogens (tertiary/aromatic N) is 2. The summed E-state index contributed by atoms with van der Waals surface area (Å²) in [5.41, 5.74) is 5.04. The zero-order valence-corrected chi connectivity index (χ0v) is 23.9. The minimum atomic E-state index is 0.559. The molecule has 3 rings (SSSR count). The largest absolute Gasteiger partial charge is 0.240 e. The van der Waals surface area contributed by atoms with Crippen LogP contribution in [-0.4, -0.2) is 9.97 Å². The first-order valence-corrected chi connectivity index (χ1v) is 15.6. The summed E-state index contributed by atoms with van der Waals surface area (Å²) in [6.45, 7) is 6.75. The minimum Gasteiger partial charge on any atom is -0.240 e. The molecular weight excluding hydrogens is 436 g/mol. The normalized spacial score (nSPS) is 18.0. The highest BCUT2D eigenvalue weighted by atomic mass is 14.9. The van der Waals surface area contributed by atoms with Gasteiger partial charge in [-0.25, -0.2) is 9.97 Å². The van der Waals surface area contributed by atoms with Gasteiger partial charge in [0.15, 0.2) is 0 Å². The lowest BCUT2D eigenvalue weighted by atomic mass is 9.79. The van der Waals surface area contributed by atoms with E-state index in [1.165, 1.54) is 139 Å². The van der Waals surface area contributed by atoms with Crippen molar-refractivity contribution in [3.63, 3.8) is 0 Å². The fraction of sp³-hybridized carbons (Fsp3) is 0.706. The average molecular weight is 491 g/mol. The van der Waals surface area contributed by atoms with Crippen LogP contribution in [0.3, 0.4) is 0 Å². The van der Waals surface area contributed by atoms with Gasteiger partial charge in [0, 0.05) is 23.4 Å². The van der Waals surface area contributed by atoms with E-state index in [9.17, 15) is 0 Å². The molecule has 1 fully saturated rings. The molecule has 1 aromatic carbocycles. The Kier molecular flexibility index (Phi) is 13.6. The molecule has 0 bridgehead atoms. The number of hydrogen-bond acceptors (Lipinski definition) is 2. The number of hydrogen-bond donors (Lipinski definition) is 0. The minimum absolute atomic E-state index is 0.559. The van der Waals surface area contributed by atoms with Crippen molar-refractivity contribution in [1.82, 2.24) is 9.97 Å². The van der Waals surface area contributed by atoms with E-state index in [2.05, 4.69) is 51.2 Å². The lowest BCUT2D eigenvalue weighted by molar-refractivity contribution is 0.297. The first kappa shape index (κ1) is 28.9. The van der Waals surface area contributed by atoms with E-state index in [-0.39, 0.29) is 0 Å². The molecule has 2 nitrogen and oxygen atoms in total. The van der Waals surface area contributed by atoms with Crippen LogP contribution in [0.1, 0.15) is 152 Å². The molecule has 0 unspecified atom stereocenters. The molecule has 0 N–H and O–H groups in total. The fourth-order valence-electron chi connectivity index (χ4n) is 6.03. The predicted octanol–water partition coefficient (Wildman–Crippen LogP) is 10.8. The van der Waals surface area contributed by atoms with Gasteiger partial charge in [-0.1, -0.05) is 122 Å². The van der Waals surface area contributed by atoms with Gasteiger partial charge < -0.3 is 0 Å². The first-order valence-electron chi connectivity index (χ1n) is 15.6.